The zero-order valence-electron chi connectivity index (χ0n) is 10.2. The fourth-order valence-electron chi connectivity index (χ4n) is 2.11. The molecule has 2 rings (SSSR count). The van der Waals surface area contributed by atoms with Gasteiger partial charge in [0.2, 0.25) is 0 Å². The molecule has 0 amide bonds. The summed E-state index contributed by atoms with van der Waals surface area (Å²) in [6.45, 7) is 1.34. The second-order valence-corrected chi connectivity index (χ2v) is 4.57. The van der Waals surface area contributed by atoms with E-state index in [-0.39, 0.29) is 0 Å². The van der Waals surface area contributed by atoms with Crippen LogP contribution in [0.15, 0.2) is 24.3 Å². The van der Waals surface area contributed by atoms with Gasteiger partial charge in [0.15, 0.2) is 0 Å². The van der Waals surface area contributed by atoms with Crippen LogP contribution in [0.3, 0.4) is 0 Å². The van der Waals surface area contributed by atoms with Gasteiger partial charge in [0.05, 0.1) is 11.6 Å². The first-order chi connectivity index (χ1) is 8.72. The minimum absolute atomic E-state index is 0.361. The smallest absolute Gasteiger partial charge is 0.336 e. The number of rotatable bonds is 6. The molecule has 0 radical (unpaired) electrons. The van der Waals surface area contributed by atoms with Crippen molar-refractivity contribution in [2.75, 3.05) is 6.54 Å². The Hall–Kier alpha value is -1.86. The molecular weight excluding hydrogens is 228 g/mol. The molecule has 0 saturated heterocycles. The molecule has 1 N–H and O–H groups in total. The fourth-order valence-corrected chi connectivity index (χ4v) is 2.11. The summed E-state index contributed by atoms with van der Waals surface area (Å²) >= 11 is 0. The van der Waals surface area contributed by atoms with Crippen molar-refractivity contribution in [3.05, 3.63) is 35.4 Å². The minimum atomic E-state index is -0.887. The lowest BCUT2D eigenvalue weighted by Crippen LogP contribution is -2.27. The van der Waals surface area contributed by atoms with E-state index in [1.165, 1.54) is 0 Å². The molecule has 1 saturated carbocycles. The highest BCUT2D eigenvalue weighted by Gasteiger charge is 2.29. The number of hydrogen-bond acceptors (Lipinski definition) is 3. The molecule has 0 aliphatic heterocycles. The largest absolute Gasteiger partial charge is 0.478 e. The van der Waals surface area contributed by atoms with Crippen LogP contribution in [0.25, 0.3) is 0 Å². The molecular formula is C14H16N2O2. The molecule has 0 aromatic heterocycles. The first-order valence-electron chi connectivity index (χ1n) is 6.14. The highest BCUT2D eigenvalue weighted by Crippen LogP contribution is 2.28. The summed E-state index contributed by atoms with van der Waals surface area (Å²) in [7, 11) is 0. The second-order valence-electron chi connectivity index (χ2n) is 4.57. The van der Waals surface area contributed by atoms with Crippen LogP contribution < -0.4 is 0 Å². The summed E-state index contributed by atoms with van der Waals surface area (Å²) in [5, 5.41) is 17.8. The van der Waals surface area contributed by atoms with Gasteiger partial charge < -0.3 is 5.11 Å². The average molecular weight is 244 g/mol. The number of nitriles is 1. The van der Waals surface area contributed by atoms with Crippen LogP contribution in [0.4, 0.5) is 0 Å². The topological polar surface area (TPSA) is 64.3 Å². The van der Waals surface area contributed by atoms with E-state index >= 15 is 0 Å². The normalized spacial score (nSPS) is 14.4. The molecule has 1 aliphatic carbocycles. The predicted molar refractivity (Wildman–Crippen MR) is 67.1 cm³/mol. The van der Waals surface area contributed by atoms with Gasteiger partial charge in [0.25, 0.3) is 0 Å². The Labute approximate surface area is 106 Å². The molecule has 0 unspecified atom stereocenters. The van der Waals surface area contributed by atoms with E-state index in [1.807, 2.05) is 12.1 Å². The van der Waals surface area contributed by atoms with Crippen molar-refractivity contribution in [3.8, 4) is 6.07 Å². The van der Waals surface area contributed by atoms with E-state index in [4.69, 9.17) is 10.4 Å². The van der Waals surface area contributed by atoms with Crippen molar-refractivity contribution in [1.82, 2.24) is 4.90 Å². The van der Waals surface area contributed by atoms with Crippen molar-refractivity contribution in [1.29, 1.82) is 5.26 Å². The highest BCUT2D eigenvalue weighted by molar-refractivity contribution is 5.89. The van der Waals surface area contributed by atoms with Gasteiger partial charge in [0, 0.05) is 25.6 Å². The number of hydrogen-bond donors (Lipinski definition) is 1. The third-order valence-corrected chi connectivity index (χ3v) is 3.20. The number of benzene rings is 1. The average Bonchev–Trinajstić information content (AvgIpc) is 3.19. The molecule has 0 heterocycles. The molecule has 1 aromatic rings. The maximum absolute atomic E-state index is 11.1. The van der Waals surface area contributed by atoms with Gasteiger partial charge in [-0.05, 0) is 24.5 Å². The Morgan fingerprint density at radius 3 is 2.78 bits per heavy atom. The molecule has 0 bridgehead atoms. The monoisotopic (exact) mass is 244 g/mol. The SMILES string of the molecule is N#CCCN(Cc1ccccc1C(=O)O)C1CC1. The van der Waals surface area contributed by atoms with E-state index in [9.17, 15) is 4.79 Å². The van der Waals surface area contributed by atoms with Crippen LogP contribution in [-0.2, 0) is 6.54 Å². The Balaban J connectivity index is 2.11. The van der Waals surface area contributed by atoms with Gasteiger partial charge >= 0.3 is 5.97 Å². The molecule has 4 heteroatoms. The first kappa shape index (κ1) is 12.6. The summed E-state index contributed by atoms with van der Waals surface area (Å²) < 4.78 is 0. The maximum Gasteiger partial charge on any atom is 0.336 e. The second kappa shape index (κ2) is 5.65. The van der Waals surface area contributed by atoms with E-state index in [2.05, 4.69) is 11.0 Å². The van der Waals surface area contributed by atoms with Crippen LogP contribution >= 0.6 is 0 Å². The van der Waals surface area contributed by atoms with Gasteiger partial charge in [-0.15, -0.1) is 0 Å². The van der Waals surface area contributed by atoms with Gasteiger partial charge in [0.1, 0.15) is 0 Å². The van der Waals surface area contributed by atoms with Crippen molar-refractivity contribution in [3.63, 3.8) is 0 Å². The van der Waals surface area contributed by atoms with E-state index < -0.39 is 5.97 Å². The molecule has 94 valence electrons. The quantitative estimate of drug-likeness (QED) is 0.833. The number of carboxylic acid groups (broad SMARTS) is 1. The Bertz CT molecular complexity index is 475. The van der Waals surface area contributed by atoms with E-state index in [0.717, 1.165) is 24.9 Å². The molecule has 1 fully saturated rings. The number of carboxylic acids is 1. The summed E-state index contributed by atoms with van der Waals surface area (Å²) in [5.41, 5.74) is 1.19. The van der Waals surface area contributed by atoms with Crippen molar-refractivity contribution >= 4 is 5.97 Å². The standard InChI is InChI=1S/C14H16N2O2/c15-8-3-9-16(12-6-7-12)10-11-4-1-2-5-13(11)14(17)18/h1-2,4-5,12H,3,6-7,9-10H2,(H,17,18). The van der Waals surface area contributed by atoms with E-state index in [1.54, 1.807) is 12.1 Å². The van der Waals surface area contributed by atoms with Gasteiger partial charge in [-0.3, -0.25) is 4.90 Å². The lowest BCUT2D eigenvalue weighted by atomic mass is 10.1. The van der Waals surface area contributed by atoms with Crippen LogP contribution in [0.2, 0.25) is 0 Å². The summed E-state index contributed by atoms with van der Waals surface area (Å²) in [6.07, 6.45) is 2.80. The summed E-state index contributed by atoms with van der Waals surface area (Å²) in [6, 6.07) is 9.76. The van der Waals surface area contributed by atoms with Crippen molar-refractivity contribution in [2.45, 2.75) is 31.8 Å². The number of nitrogens with zero attached hydrogens (tertiary/aromatic N) is 2. The first-order valence-corrected chi connectivity index (χ1v) is 6.14. The lowest BCUT2D eigenvalue weighted by molar-refractivity contribution is 0.0694. The lowest BCUT2D eigenvalue weighted by Gasteiger charge is -2.21. The Morgan fingerprint density at radius 1 is 1.44 bits per heavy atom. The fraction of sp³-hybridized carbons (Fsp3) is 0.429. The molecule has 0 spiro atoms. The Kier molecular flexibility index (Phi) is 3.96. The van der Waals surface area contributed by atoms with Crippen LogP contribution in [0, 0.1) is 11.3 Å². The highest BCUT2D eigenvalue weighted by atomic mass is 16.4. The molecule has 4 nitrogen and oxygen atoms in total. The number of aromatic carboxylic acids is 1. The van der Waals surface area contributed by atoms with Crippen molar-refractivity contribution < 1.29 is 9.90 Å². The van der Waals surface area contributed by atoms with Gasteiger partial charge in [-0.25, -0.2) is 4.79 Å². The third kappa shape index (κ3) is 3.08. The third-order valence-electron chi connectivity index (χ3n) is 3.20. The van der Waals surface area contributed by atoms with Crippen LogP contribution in [0.5, 0.6) is 0 Å². The van der Waals surface area contributed by atoms with Gasteiger partial charge in [-0.1, -0.05) is 18.2 Å². The Morgan fingerprint density at radius 2 is 2.17 bits per heavy atom. The molecule has 0 atom stereocenters. The van der Waals surface area contributed by atoms with Crippen LogP contribution in [-0.4, -0.2) is 28.6 Å². The van der Waals surface area contributed by atoms with Crippen LogP contribution in [0.1, 0.15) is 35.2 Å². The zero-order valence-corrected chi connectivity index (χ0v) is 10.2. The molecule has 18 heavy (non-hydrogen) atoms. The minimum Gasteiger partial charge on any atom is -0.478 e. The number of carbonyl (C=O) groups is 1. The molecule has 1 aromatic carbocycles. The summed E-state index contributed by atoms with van der Waals surface area (Å²) in [4.78, 5) is 13.3. The van der Waals surface area contributed by atoms with Crippen molar-refractivity contribution in [2.24, 2.45) is 0 Å². The van der Waals surface area contributed by atoms with E-state index in [0.29, 0.717) is 24.6 Å². The predicted octanol–water partition coefficient (Wildman–Crippen LogP) is 2.26. The zero-order chi connectivity index (χ0) is 13.0. The summed E-state index contributed by atoms with van der Waals surface area (Å²) in [5.74, 6) is -0.887. The maximum atomic E-state index is 11.1. The molecule has 1 aliphatic rings. The van der Waals surface area contributed by atoms with Gasteiger partial charge in [-0.2, -0.15) is 5.26 Å².